The van der Waals surface area contributed by atoms with Crippen molar-refractivity contribution in [2.75, 3.05) is 5.75 Å². The van der Waals surface area contributed by atoms with Crippen LogP contribution in [0, 0.1) is 0 Å². The Morgan fingerprint density at radius 2 is 1.21 bits per heavy atom. The van der Waals surface area contributed by atoms with Crippen molar-refractivity contribution in [1.29, 1.82) is 0 Å². The van der Waals surface area contributed by atoms with Crippen LogP contribution in [0.5, 0.6) is 5.75 Å². The van der Waals surface area contributed by atoms with Crippen molar-refractivity contribution < 1.29 is 58.4 Å². The van der Waals surface area contributed by atoms with E-state index in [1.165, 1.54) is 18.2 Å². The minimum absolute atomic E-state index is 0.0578. The summed E-state index contributed by atoms with van der Waals surface area (Å²) in [5, 5.41) is -0.326. The molecule has 7 nitrogen and oxygen atoms in total. The van der Waals surface area contributed by atoms with E-state index in [0.29, 0.717) is 18.4 Å². The van der Waals surface area contributed by atoms with E-state index < -0.39 is 51.3 Å². The summed E-state index contributed by atoms with van der Waals surface area (Å²) in [6.07, 6.45) is -11.2. The predicted molar refractivity (Wildman–Crippen MR) is 149 cm³/mol. The molecule has 0 unspecified atom stereocenters. The minimum atomic E-state index is -6.49. The van der Waals surface area contributed by atoms with Gasteiger partial charge in [0.1, 0.15) is 35.0 Å². The van der Waals surface area contributed by atoms with Gasteiger partial charge in [-0.15, -0.1) is 0 Å². The molecular weight excluding hydrogens is 591 g/mol. The summed E-state index contributed by atoms with van der Waals surface area (Å²) in [6.45, 7) is 0. The first-order chi connectivity index (χ1) is 19.4. The van der Waals surface area contributed by atoms with Crippen LogP contribution >= 0.6 is 0 Å². The SMILES string of the molecule is BCc1cc(CB)c(OC(=O)c2cccc3c(C(=O)OC(CS(=O)(=O)O)(C(F)(F)F)C(F)(F)F)cccc23)c(CB)c1. The van der Waals surface area contributed by atoms with Crippen LogP contribution in [0.25, 0.3) is 10.8 Å². The molecule has 0 saturated carbocycles. The van der Waals surface area contributed by atoms with Gasteiger partial charge in [-0.25, -0.2) is 9.59 Å². The van der Waals surface area contributed by atoms with Crippen molar-refractivity contribution in [3.05, 3.63) is 76.3 Å². The molecule has 0 spiro atoms. The molecular formula is C25H23B3F6O7S. The fourth-order valence-electron chi connectivity index (χ4n) is 4.44. The van der Waals surface area contributed by atoms with Crippen molar-refractivity contribution >= 4 is 56.4 Å². The normalized spacial score (nSPS) is 12.7. The molecule has 1 N–H and O–H groups in total. The largest absolute Gasteiger partial charge is 0.438 e. The Bertz CT molecular complexity index is 1590. The number of hydrogen-bond donors (Lipinski definition) is 1. The number of carbonyl (C=O) groups excluding carboxylic acids is 2. The fourth-order valence-corrected chi connectivity index (χ4v) is 5.34. The van der Waals surface area contributed by atoms with E-state index in [2.05, 4.69) is 4.74 Å². The average molecular weight is 614 g/mol. The Morgan fingerprint density at radius 3 is 1.60 bits per heavy atom. The van der Waals surface area contributed by atoms with Crippen molar-refractivity contribution in [3.63, 3.8) is 0 Å². The smallest absolute Gasteiger partial charge is 0.435 e. The van der Waals surface area contributed by atoms with Crippen LogP contribution in [0.4, 0.5) is 26.3 Å². The van der Waals surface area contributed by atoms with Crippen molar-refractivity contribution in [2.24, 2.45) is 0 Å². The fraction of sp³-hybridized carbons (Fsp3) is 0.280. The van der Waals surface area contributed by atoms with Gasteiger partial charge < -0.3 is 9.47 Å². The second-order valence-corrected chi connectivity index (χ2v) is 10.8. The van der Waals surface area contributed by atoms with Gasteiger partial charge in [-0.2, -0.15) is 34.8 Å². The molecule has 0 aliphatic carbocycles. The Kier molecular flexibility index (Phi) is 9.47. The second kappa shape index (κ2) is 12.0. The monoisotopic (exact) mass is 614 g/mol. The third-order valence-corrected chi connectivity index (χ3v) is 7.37. The van der Waals surface area contributed by atoms with Crippen LogP contribution in [0.15, 0.2) is 48.5 Å². The van der Waals surface area contributed by atoms with E-state index in [1.54, 1.807) is 0 Å². The molecule has 0 amide bonds. The lowest BCUT2D eigenvalue weighted by Gasteiger charge is -2.35. The zero-order valence-corrected chi connectivity index (χ0v) is 23.3. The molecule has 0 saturated heterocycles. The highest BCUT2D eigenvalue weighted by Crippen LogP contribution is 2.47. The lowest BCUT2D eigenvalue weighted by Crippen LogP contribution is -2.63. The van der Waals surface area contributed by atoms with Crippen LogP contribution in [0.1, 0.15) is 37.4 Å². The molecule has 0 atom stereocenters. The number of halogens is 6. The molecule has 3 aromatic carbocycles. The number of esters is 2. The van der Waals surface area contributed by atoms with Gasteiger partial charge in [0.05, 0.1) is 11.1 Å². The predicted octanol–water partition coefficient (Wildman–Crippen LogP) is 2.37. The average Bonchev–Trinajstić information content (AvgIpc) is 2.89. The van der Waals surface area contributed by atoms with Gasteiger partial charge in [0.15, 0.2) is 0 Å². The van der Waals surface area contributed by atoms with Gasteiger partial charge in [-0.1, -0.05) is 60.9 Å². The quantitative estimate of drug-likeness (QED) is 0.130. The van der Waals surface area contributed by atoms with Gasteiger partial charge in [0.2, 0.25) is 0 Å². The lowest BCUT2D eigenvalue weighted by atomic mass is 9.85. The number of rotatable bonds is 9. The van der Waals surface area contributed by atoms with E-state index in [4.69, 9.17) is 9.29 Å². The molecule has 0 aliphatic heterocycles. The lowest BCUT2D eigenvalue weighted by molar-refractivity contribution is -0.356. The van der Waals surface area contributed by atoms with Crippen LogP contribution in [-0.4, -0.2) is 72.2 Å². The maximum atomic E-state index is 13.7. The van der Waals surface area contributed by atoms with Gasteiger partial charge in [0, 0.05) is 0 Å². The minimum Gasteiger partial charge on any atom is -0.435 e. The number of hydrogen-bond acceptors (Lipinski definition) is 6. The summed E-state index contributed by atoms with van der Waals surface area (Å²) < 4.78 is 123. The molecule has 3 aromatic rings. The molecule has 17 heteroatoms. The summed E-state index contributed by atoms with van der Waals surface area (Å²) >= 11 is 0. The zero-order chi connectivity index (χ0) is 31.7. The standard InChI is InChI=1S/C25H23B3F6O7S/c26-9-13-7-14(10-27)20(15(8-13)11-28)40-21(35)18-5-1-4-17-16(18)3-2-6-19(17)22(36)41-23(24(29,30)31,25(32,33)34)12-42(37,38)39/h1-8H,9-12,26-28H2,(H,37,38,39). The highest BCUT2D eigenvalue weighted by atomic mass is 32.2. The topological polar surface area (TPSA) is 107 Å². The van der Waals surface area contributed by atoms with E-state index in [0.717, 1.165) is 41.2 Å². The Balaban J connectivity index is 2.11. The Hall–Kier alpha value is -3.46. The number of ether oxygens (including phenoxy) is 2. The summed E-state index contributed by atoms with van der Waals surface area (Å²) in [7, 11) is -0.261. The molecule has 0 aliphatic rings. The number of alkyl halides is 6. The van der Waals surface area contributed by atoms with E-state index >= 15 is 0 Å². The molecule has 42 heavy (non-hydrogen) atoms. The van der Waals surface area contributed by atoms with E-state index in [9.17, 15) is 44.3 Å². The third-order valence-electron chi connectivity index (χ3n) is 6.60. The first-order valence-corrected chi connectivity index (χ1v) is 14.2. The summed E-state index contributed by atoms with van der Waals surface area (Å²) in [6, 6.07) is 10.7. The van der Waals surface area contributed by atoms with Crippen molar-refractivity contribution in [3.8, 4) is 5.75 Å². The van der Waals surface area contributed by atoms with Crippen LogP contribution in [-0.2, 0) is 33.8 Å². The Morgan fingerprint density at radius 1 is 0.762 bits per heavy atom. The van der Waals surface area contributed by atoms with Crippen LogP contribution in [0.3, 0.4) is 0 Å². The van der Waals surface area contributed by atoms with E-state index in [-0.39, 0.29) is 16.3 Å². The second-order valence-electron chi connectivity index (χ2n) is 9.34. The summed E-state index contributed by atoms with van der Waals surface area (Å²) in [5.74, 6) is -5.79. The molecule has 0 bridgehead atoms. The number of benzene rings is 3. The highest BCUT2D eigenvalue weighted by molar-refractivity contribution is 7.85. The maximum Gasteiger partial charge on any atom is 0.438 e. The van der Waals surface area contributed by atoms with Crippen LogP contribution in [0.2, 0.25) is 0 Å². The van der Waals surface area contributed by atoms with Gasteiger partial charge >= 0.3 is 29.9 Å². The molecule has 0 radical (unpaired) electrons. The molecule has 0 heterocycles. The van der Waals surface area contributed by atoms with Crippen molar-refractivity contribution in [1.82, 2.24) is 0 Å². The first kappa shape index (κ1) is 33.1. The first-order valence-electron chi connectivity index (χ1n) is 12.6. The summed E-state index contributed by atoms with van der Waals surface area (Å²) in [4.78, 5) is 26.2. The highest BCUT2D eigenvalue weighted by Gasteiger charge is 2.76. The molecule has 222 valence electrons. The van der Waals surface area contributed by atoms with Crippen molar-refractivity contribution in [2.45, 2.75) is 36.9 Å². The van der Waals surface area contributed by atoms with E-state index in [1.807, 2.05) is 35.7 Å². The molecule has 0 aromatic heterocycles. The molecule has 0 fully saturated rings. The number of carbonyl (C=O) groups is 2. The number of fused-ring (bicyclic) bond motifs is 1. The Labute approximate surface area is 239 Å². The van der Waals surface area contributed by atoms with Gasteiger partial charge in [0.25, 0.3) is 10.1 Å². The van der Waals surface area contributed by atoms with Gasteiger partial charge in [-0.05, 0) is 34.0 Å². The maximum absolute atomic E-state index is 13.7. The van der Waals surface area contributed by atoms with Gasteiger partial charge in [-0.3, -0.25) is 4.55 Å². The zero-order valence-electron chi connectivity index (χ0n) is 22.5. The molecule has 3 rings (SSSR count). The third kappa shape index (κ3) is 6.62. The summed E-state index contributed by atoms with van der Waals surface area (Å²) in [5.41, 5.74) is -4.04. The van der Waals surface area contributed by atoms with Crippen LogP contribution < -0.4 is 4.74 Å².